The van der Waals surface area contributed by atoms with E-state index in [4.69, 9.17) is 0 Å². The topological polar surface area (TPSA) is 66.5 Å². The zero-order chi connectivity index (χ0) is 22.6. The van der Waals surface area contributed by atoms with Gasteiger partial charge < -0.3 is 4.90 Å². The fraction of sp³-hybridized carbons (Fsp3) is 0.320. The SMILES string of the molecule is CSc1ccc(S(=O)(=O)NCc2cccc3ccccc23)cc1C(=O)N1CCCCCC1. The first-order chi connectivity index (χ1) is 15.5. The van der Waals surface area contributed by atoms with E-state index in [1.54, 1.807) is 12.1 Å². The molecule has 3 aromatic rings. The quantitative estimate of drug-likeness (QED) is 0.514. The van der Waals surface area contributed by atoms with Crippen LogP contribution in [0, 0.1) is 0 Å². The summed E-state index contributed by atoms with van der Waals surface area (Å²) in [6, 6.07) is 18.6. The van der Waals surface area contributed by atoms with Crippen LogP contribution in [0.3, 0.4) is 0 Å². The van der Waals surface area contributed by atoms with E-state index < -0.39 is 10.0 Å². The average Bonchev–Trinajstić information content (AvgIpc) is 3.11. The van der Waals surface area contributed by atoms with Crippen LogP contribution >= 0.6 is 11.8 Å². The maximum atomic E-state index is 13.2. The minimum atomic E-state index is -3.78. The predicted molar refractivity (Wildman–Crippen MR) is 131 cm³/mol. The maximum Gasteiger partial charge on any atom is 0.255 e. The Balaban J connectivity index is 1.59. The lowest BCUT2D eigenvalue weighted by Crippen LogP contribution is -2.32. The van der Waals surface area contributed by atoms with Crippen LogP contribution in [0.4, 0.5) is 0 Å². The smallest absolute Gasteiger partial charge is 0.255 e. The first kappa shape index (κ1) is 22.8. The molecule has 1 saturated heterocycles. The van der Waals surface area contributed by atoms with Gasteiger partial charge in [-0.1, -0.05) is 55.3 Å². The first-order valence-electron chi connectivity index (χ1n) is 10.9. The van der Waals surface area contributed by atoms with Crippen LogP contribution in [0.5, 0.6) is 0 Å². The van der Waals surface area contributed by atoms with E-state index in [1.807, 2.05) is 53.6 Å². The predicted octanol–water partition coefficient (Wildman–Crippen LogP) is 5.06. The third kappa shape index (κ3) is 5.00. The summed E-state index contributed by atoms with van der Waals surface area (Å²) in [6.07, 6.45) is 6.15. The molecule has 0 spiro atoms. The van der Waals surface area contributed by atoms with Crippen LogP contribution in [0.15, 0.2) is 70.5 Å². The number of nitrogens with one attached hydrogen (secondary N) is 1. The van der Waals surface area contributed by atoms with Gasteiger partial charge in [0.1, 0.15) is 0 Å². The van der Waals surface area contributed by atoms with E-state index in [2.05, 4.69) is 4.72 Å². The van der Waals surface area contributed by atoms with Crippen LogP contribution in [0.1, 0.15) is 41.6 Å². The van der Waals surface area contributed by atoms with Crippen molar-refractivity contribution in [3.05, 3.63) is 71.8 Å². The van der Waals surface area contributed by atoms with E-state index in [9.17, 15) is 13.2 Å². The zero-order valence-electron chi connectivity index (χ0n) is 18.2. The van der Waals surface area contributed by atoms with Crippen LogP contribution in [0.25, 0.3) is 10.8 Å². The van der Waals surface area contributed by atoms with Crippen molar-refractivity contribution < 1.29 is 13.2 Å². The molecule has 168 valence electrons. The third-order valence-corrected chi connectivity index (χ3v) is 8.13. The van der Waals surface area contributed by atoms with E-state index in [1.165, 1.54) is 17.8 Å². The molecule has 0 saturated carbocycles. The molecule has 0 aromatic heterocycles. The number of carbonyl (C=O) groups excluding carboxylic acids is 1. The van der Waals surface area contributed by atoms with E-state index in [0.717, 1.165) is 60.0 Å². The van der Waals surface area contributed by atoms with Crippen molar-refractivity contribution in [2.24, 2.45) is 0 Å². The molecular formula is C25H28N2O3S2. The molecule has 0 unspecified atom stereocenters. The summed E-state index contributed by atoms with van der Waals surface area (Å²) in [4.78, 5) is 16.0. The van der Waals surface area contributed by atoms with Gasteiger partial charge in [-0.25, -0.2) is 13.1 Å². The molecule has 0 atom stereocenters. The van der Waals surface area contributed by atoms with Gasteiger partial charge in [-0.15, -0.1) is 11.8 Å². The molecule has 0 radical (unpaired) electrons. The Labute approximate surface area is 194 Å². The molecule has 5 nitrogen and oxygen atoms in total. The number of benzene rings is 3. The second-order valence-electron chi connectivity index (χ2n) is 8.03. The van der Waals surface area contributed by atoms with Gasteiger partial charge in [0.2, 0.25) is 10.0 Å². The van der Waals surface area contributed by atoms with Gasteiger partial charge in [0, 0.05) is 24.5 Å². The van der Waals surface area contributed by atoms with E-state index >= 15 is 0 Å². The van der Waals surface area contributed by atoms with Gasteiger partial charge in [0.05, 0.1) is 10.5 Å². The standard InChI is InChI=1S/C25H28N2O3S2/c1-31-24-14-13-21(17-23(24)25(28)27-15-6-2-3-7-16-27)32(29,30)26-18-20-11-8-10-19-9-4-5-12-22(19)20/h4-5,8-14,17,26H,2-3,6-7,15-16,18H2,1H3. The van der Waals surface area contributed by atoms with Crippen molar-refractivity contribution in [1.82, 2.24) is 9.62 Å². The van der Waals surface area contributed by atoms with Crippen molar-refractivity contribution in [2.45, 2.75) is 42.0 Å². The van der Waals surface area contributed by atoms with Crippen molar-refractivity contribution in [2.75, 3.05) is 19.3 Å². The number of thioether (sulfide) groups is 1. The molecule has 7 heteroatoms. The number of carbonyl (C=O) groups is 1. The first-order valence-corrected chi connectivity index (χ1v) is 13.6. The molecule has 1 amide bonds. The molecule has 4 rings (SSSR count). The second-order valence-corrected chi connectivity index (χ2v) is 10.6. The molecule has 1 aliphatic rings. The number of fused-ring (bicyclic) bond motifs is 1. The fourth-order valence-corrected chi connectivity index (χ4v) is 5.77. The molecule has 1 N–H and O–H groups in total. The zero-order valence-corrected chi connectivity index (χ0v) is 19.8. The molecule has 32 heavy (non-hydrogen) atoms. The molecule has 0 bridgehead atoms. The minimum absolute atomic E-state index is 0.0812. The van der Waals surface area contributed by atoms with Crippen LogP contribution in [-0.2, 0) is 16.6 Å². The summed E-state index contributed by atoms with van der Waals surface area (Å²) >= 11 is 1.46. The van der Waals surface area contributed by atoms with Gasteiger partial charge in [0.25, 0.3) is 5.91 Å². The number of hydrogen-bond acceptors (Lipinski definition) is 4. The van der Waals surface area contributed by atoms with E-state index in [0.29, 0.717) is 5.56 Å². The summed E-state index contributed by atoms with van der Waals surface area (Å²) in [5.41, 5.74) is 1.38. The average molecular weight is 469 g/mol. The molecule has 1 heterocycles. The Morgan fingerprint density at radius 2 is 1.69 bits per heavy atom. The molecule has 3 aromatic carbocycles. The summed E-state index contributed by atoms with van der Waals surface area (Å²) in [6.45, 7) is 1.63. The highest BCUT2D eigenvalue weighted by molar-refractivity contribution is 7.98. The lowest BCUT2D eigenvalue weighted by Gasteiger charge is -2.22. The van der Waals surface area contributed by atoms with E-state index in [-0.39, 0.29) is 17.3 Å². The second kappa shape index (κ2) is 10.1. The number of hydrogen-bond donors (Lipinski definition) is 1. The van der Waals surface area contributed by atoms with Crippen molar-refractivity contribution in [3.8, 4) is 0 Å². The van der Waals surface area contributed by atoms with Gasteiger partial charge >= 0.3 is 0 Å². The highest BCUT2D eigenvalue weighted by atomic mass is 32.2. The molecule has 1 fully saturated rings. The van der Waals surface area contributed by atoms with Crippen LogP contribution in [-0.4, -0.2) is 38.6 Å². The summed E-state index contributed by atoms with van der Waals surface area (Å²) in [5, 5.41) is 2.09. The maximum absolute atomic E-state index is 13.2. The highest BCUT2D eigenvalue weighted by Crippen LogP contribution is 2.26. The largest absolute Gasteiger partial charge is 0.339 e. The van der Waals surface area contributed by atoms with Crippen molar-refractivity contribution in [3.63, 3.8) is 0 Å². The Morgan fingerprint density at radius 3 is 2.44 bits per heavy atom. The fourth-order valence-electron chi connectivity index (χ4n) is 4.17. The number of rotatable bonds is 6. The van der Waals surface area contributed by atoms with Gasteiger partial charge in [-0.05, 0) is 53.6 Å². The van der Waals surface area contributed by atoms with Gasteiger partial charge in [-0.2, -0.15) is 0 Å². The van der Waals surface area contributed by atoms with Crippen LogP contribution in [0.2, 0.25) is 0 Å². The molecular weight excluding hydrogens is 440 g/mol. The summed E-state index contributed by atoms with van der Waals surface area (Å²) in [7, 11) is -3.78. The normalized spacial score (nSPS) is 15.0. The van der Waals surface area contributed by atoms with Gasteiger partial charge in [-0.3, -0.25) is 4.79 Å². The summed E-state index contributed by atoms with van der Waals surface area (Å²) in [5.74, 6) is -0.0812. The van der Waals surface area contributed by atoms with Crippen molar-refractivity contribution in [1.29, 1.82) is 0 Å². The number of likely N-dealkylation sites (tertiary alicyclic amines) is 1. The Bertz CT molecular complexity index is 1210. The lowest BCUT2D eigenvalue weighted by atomic mass is 10.1. The molecule has 1 aliphatic heterocycles. The minimum Gasteiger partial charge on any atom is -0.339 e. The third-order valence-electron chi connectivity index (χ3n) is 5.94. The number of sulfonamides is 1. The van der Waals surface area contributed by atoms with Gasteiger partial charge in [0.15, 0.2) is 0 Å². The Morgan fingerprint density at radius 1 is 0.969 bits per heavy atom. The van der Waals surface area contributed by atoms with Crippen LogP contribution < -0.4 is 4.72 Å². The summed E-state index contributed by atoms with van der Waals surface area (Å²) < 4.78 is 28.9. The number of amides is 1. The Kier molecular flexibility index (Phi) is 7.18. The number of nitrogens with zero attached hydrogens (tertiary/aromatic N) is 1. The molecule has 0 aliphatic carbocycles. The highest BCUT2D eigenvalue weighted by Gasteiger charge is 2.23. The lowest BCUT2D eigenvalue weighted by molar-refractivity contribution is 0.0758. The monoisotopic (exact) mass is 468 g/mol. The Hall–Kier alpha value is -2.35. The van der Waals surface area contributed by atoms with Crippen molar-refractivity contribution >= 4 is 38.5 Å².